The molecule has 2 aromatic rings. The number of benzene rings is 2. The number of sulfonamides is 2. The highest BCUT2D eigenvalue weighted by molar-refractivity contribution is 7.89. The number of methoxy groups -OCH3 is 1. The quantitative estimate of drug-likeness (QED) is 0.526. The Hall–Kier alpha value is -2.31. The fourth-order valence-corrected chi connectivity index (χ4v) is 6.78. The van der Waals surface area contributed by atoms with Gasteiger partial charge in [0.15, 0.2) is 0 Å². The molecule has 0 aliphatic carbocycles. The Balaban J connectivity index is 1.78. The highest BCUT2D eigenvalue weighted by Crippen LogP contribution is 2.25. The van der Waals surface area contributed by atoms with E-state index in [4.69, 9.17) is 4.74 Å². The van der Waals surface area contributed by atoms with Crippen LogP contribution in [0.15, 0.2) is 64.4 Å². The molecule has 0 bridgehead atoms. The maximum Gasteiger partial charge on any atom is 0.243 e. The van der Waals surface area contributed by atoms with Gasteiger partial charge in [-0.3, -0.25) is 4.79 Å². The summed E-state index contributed by atoms with van der Waals surface area (Å²) in [7, 11) is -6.34. The van der Waals surface area contributed by atoms with Crippen LogP contribution in [-0.2, 0) is 29.6 Å². The Morgan fingerprint density at radius 3 is 2.32 bits per heavy atom. The molecule has 0 radical (unpaired) electrons. The van der Waals surface area contributed by atoms with E-state index in [2.05, 4.69) is 5.32 Å². The standard InChI is InChI=1S/C23H31N3O6S2/c1-19-7-6-14-25(17-19)33(28,29)21-10-12-22(13-11-21)34(30,31)26(15-16-32-2)18-23(27)24-20-8-4-3-5-9-20/h3-5,8-13,19H,6-7,14-18H2,1-2H3,(H,24,27). The van der Waals surface area contributed by atoms with Gasteiger partial charge in [0.2, 0.25) is 26.0 Å². The average Bonchev–Trinajstić information content (AvgIpc) is 2.82. The molecule has 11 heteroatoms. The summed E-state index contributed by atoms with van der Waals surface area (Å²) in [5, 5.41) is 2.67. The highest BCUT2D eigenvalue weighted by Gasteiger charge is 2.30. The van der Waals surface area contributed by atoms with Crippen LogP contribution in [0.1, 0.15) is 19.8 Å². The Morgan fingerprint density at radius 2 is 1.71 bits per heavy atom. The van der Waals surface area contributed by atoms with Crippen molar-refractivity contribution in [1.82, 2.24) is 8.61 Å². The number of carbonyl (C=O) groups excluding carboxylic acids is 1. The first kappa shape index (κ1) is 26.3. The summed E-state index contributed by atoms with van der Waals surface area (Å²) in [4.78, 5) is 12.5. The van der Waals surface area contributed by atoms with Gasteiger partial charge in [0, 0.05) is 32.4 Å². The molecule has 2 aromatic carbocycles. The predicted octanol–water partition coefficient (Wildman–Crippen LogP) is 2.38. The minimum atomic E-state index is -4.07. The molecule has 1 unspecified atom stereocenters. The van der Waals surface area contributed by atoms with Crippen LogP contribution in [0.25, 0.3) is 0 Å². The summed E-state index contributed by atoms with van der Waals surface area (Å²) >= 11 is 0. The zero-order valence-corrected chi connectivity index (χ0v) is 21.0. The molecule has 0 saturated carbocycles. The monoisotopic (exact) mass is 509 g/mol. The van der Waals surface area contributed by atoms with Crippen LogP contribution < -0.4 is 5.32 Å². The van der Waals surface area contributed by atoms with Crippen LogP contribution in [0.4, 0.5) is 5.69 Å². The number of ether oxygens (including phenoxy) is 1. The van der Waals surface area contributed by atoms with E-state index < -0.39 is 32.5 Å². The number of anilines is 1. The summed E-state index contributed by atoms with van der Waals surface area (Å²) in [6, 6.07) is 13.9. The molecule has 186 valence electrons. The lowest BCUT2D eigenvalue weighted by Crippen LogP contribution is -2.40. The van der Waals surface area contributed by atoms with Crippen molar-refractivity contribution >= 4 is 31.6 Å². The number of nitrogens with one attached hydrogen (secondary N) is 1. The summed E-state index contributed by atoms with van der Waals surface area (Å²) in [6.45, 7) is 2.56. The molecule has 1 aliphatic heterocycles. The number of piperidine rings is 1. The van der Waals surface area contributed by atoms with Crippen molar-refractivity contribution in [2.75, 3.05) is 45.2 Å². The third-order valence-electron chi connectivity index (χ3n) is 5.64. The van der Waals surface area contributed by atoms with Crippen molar-refractivity contribution in [3.8, 4) is 0 Å². The minimum absolute atomic E-state index is 0.0350. The largest absolute Gasteiger partial charge is 0.383 e. The number of para-hydroxylation sites is 1. The van der Waals surface area contributed by atoms with E-state index in [9.17, 15) is 21.6 Å². The third kappa shape index (κ3) is 6.42. The Kier molecular flexibility index (Phi) is 8.83. The fraction of sp³-hybridized carbons (Fsp3) is 0.435. The first-order valence-corrected chi connectivity index (χ1v) is 14.0. The second kappa shape index (κ2) is 11.4. The molecular weight excluding hydrogens is 478 g/mol. The van der Waals surface area contributed by atoms with Crippen LogP contribution in [-0.4, -0.2) is 71.2 Å². The SMILES string of the molecule is COCCN(CC(=O)Nc1ccccc1)S(=O)(=O)c1ccc(S(=O)(=O)N2CCCC(C)C2)cc1. The minimum Gasteiger partial charge on any atom is -0.383 e. The van der Waals surface area contributed by atoms with Crippen LogP contribution in [0, 0.1) is 5.92 Å². The normalized spacial score (nSPS) is 17.6. The van der Waals surface area contributed by atoms with E-state index in [0.29, 0.717) is 18.8 Å². The van der Waals surface area contributed by atoms with Crippen LogP contribution in [0.5, 0.6) is 0 Å². The van der Waals surface area contributed by atoms with Gasteiger partial charge >= 0.3 is 0 Å². The number of nitrogens with zero attached hydrogens (tertiary/aromatic N) is 2. The predicted molar refractivity (Wildman–Crippen MR) is 129 cm³/mol. The van der Waals surface area contributed by atoms with Crippen LogP contribution in [0.3, 0.4) is 0 Å². The molecule has 3 rings (SSSR count). The molecule has 1 aliphatic rings. The molecule has 1 amide bonds. The van der Waals surface area contributed by atoms with Crippen LogP contribution in [0.2, 0.25) is 0 Å². The second-order valence-electron chi connectivity index (χ2n) is 8.33. The summed E-state index contributed by atoms with van der Waals surface area (Å²) in [6.07, 6.45) is 1.78. The summed E-state index contributed by atoms with van der Waals surface area (Å²) < 4.78 is 60.0. The van der Waals surface area contributed by atoms with E-state index in [0.717, 1.165) is 17.1 Å². The maximum atomic E-state index is 13.3. The fourth-order valence-electron chi connectivity index (χ4n) is 3.81. The maximum absolute atomic E-state index is 13.3. The number of carbonyl (C=O) groups is 1. The van der Waals surface area contributed by atoms with Gasteiger partial charge in [-0.15, -0.1) is 0 Å². The molecular formula is C23H31N3O6S2. The Bertz CT molecular complexity index is 1170. The number of amides is 1. The summed E-state index contributed by atoms with van der Waals surface area (Å²) in [5.74, 6) is -0.219. The zero-order chi connectivity index (χ0) is 24.8. The van der Waals surface area contributed by atoms with Crippen molar-refractivity contribution < 1.29 is 26.4 Å². The summed E-state index contributed by atoms with van der Waals surface area (Å²) in [5.41, 5.74) is 0.554. The van der Waals surface area contributed by atoms with E-state index >= 15 is 0 Å². The Labute approximate surface area is 201 Å². The molecule has 1 heterocycles. The van der Waals surface area contributed by atoms with Gasteiger partial charge < -0.3 is 10.1 Å². The number of hydrogen-bond donors (Lipinski definition) is 1. The van der Waals surface area contributed by atoms with Crippen molar-refractivity contribution in [1.29, 1.82) is 0 Å². The van der Waals surface area contributed by atoms with E-state index in [1.165, 1.54) is 35.7 Å². The zero-order valence-electron chi connectivity index (χ0n) is 19.4. The molecule has 1 atom stereocenters. The molecule has 1 N–H and O–H groups in total. The van der Waals surface area contributed by atoms with Crippen LogP contribution >= 0.6 is 0 Å². The lowest BCUT2D eigenvalue weighted by molar-refractivity contribution is -0.116. The first-order valence-electron chi connectivity index (χ1n) is 11.1. The molecule has 1 fully saturated rings. The van der Waals surface area contributed by atoms with Gasteiger partial charge in [-0.1, -0.05) is 25.1 Å². The molecule has 0 aromatic heterocycles. The molecule has 1 saturated heterocycles. The van der Waals surface area contributed by atoms with Crippen molar-refractivity contribution in [3.63, 3.8) is 0 Å². The van der Waals surface area contributed by atoms with E-state index in [1.54, 1.807) is 30.3 Å². The first-order chi connectivity index (χ1) is 16.1. The van der Waals surface area contributed by atoms with Gasteiger partial charge in [0.05, 0.1) is 22.9 Å². The second-order valence-corrected chi connectivity index (χ2v) is 12.2. The molecule has 34 heavy (non-hydrogen) atoms. The Morgan fingerprint density at radius 1 is 1.06 bits per heavy atom. The smallest absolute Gasteiger partial charge is 0.243 e. The van der Waals surface area contributed by atoms with Gasteiger partial charge in [-0.25, -0.2) is 16.8 Å². The lowest BCUT2D eigenvalue weighted by atomic mass is 10.0. The third-order valence-corrected chi connectivity index (χ3v) is 9.38. The van der Waals surface area contributed by atoms with Gasteiger partial charge in [0.1, 0.15) is 0 Å². The van der Waals surface area contributed by atoms with Gasteiger partial charge in [-0.05, 0) is 55.2 Å². The van der Waals surface area contributed by atoms with Crippen molar-refractivity contribution in [2.24, 2.45) is 5.92 Å². The van der Waals surface area contributed by atoms with Crippen molar-refractivity contribution in [2.45, 2.75) is 29.6 Å². The topological polar surface area (TPSA) is 113 Å². The molecule has 9 nitrogen and oxygen atoms in total. The van der Waals surface area contributed by atoms with Crippen molar-refractivity contribution in [3.05, 3.63) is 54.6 Å². The number of rotatable bonds is 10. The lowest BCUT2D eigenvalue weighted by Gasteiger charge is -2.30. The number of hydrogen-bond acceptors (Lipinski definition) is 6. The average molecular weight is 510 g/mol. The highest BCUT2D eigenvalue weighted by atomic mass is 32.2. The van der Waals surface area contributed by atoms with E-state index in [-0.39, 0.29) is 28.9 Å². The van der Waals surface area contributed by atoms with E-state index in [1.807, 2.05) is 6.92 Å². The molecule has 0 spiro atoms. The van der Waals surface area contributed by atoms with Gasteiger partial charge in [-0.2, -0.15) is 8.61 Å². The van der Waals surface area contributed by atoms with Gasteiger partial charge in [0.25, 0.3) is 0 Å².